The van der Waals surface area contributed by atoms with E-state index in [1.54, 1.807) is 12.1 Å². The summed E-state index contributed by atoms with van der Waals surface area (Å²) in [6.07, 6.45) is 0. The fourth-order valence-corrected chi connectivity index (χ4v) is 0.511. The van der Waals surface area contributed by atoms with Gasteiger partial charge in [-0.3, -0.25) is 9.11 Å². The van der Waals surface area contributed by atoms with Crippen molar-refractivity contribution in [3.8, 4) is 0 Å². The molecule has 7 nitrogen and oxygen atoms in total. The molecule has 1 rings (SSSR count). The molecule has 0 bridgehead atoms. The first-order valence-corrected chi connectivity index (χ1v) is 4.50. The van der Waals surface area contributed by atoms with Crippen molar-refractivity contribution in [3.63, 3.8) is 0 Å². The fraction of sp³-hybridized carbons (Fsp3) is 0. The van der Waals surface area contributed by atoms with Gasteiger partial charge in [0.1, 0.15) is 0 Å². The molecule has 0 aliphatic heterocycles. The molecular weight excluding hydrogens is 212 g/mol. The van der Waals surface area contributed by atoms with E-state index in [0.29, 0.717) is 11.4 Å². The van der Waals surface area contributed by atoms with Crippen LogP contribution >= 0.6 is 0 Å². The summed E-state index contributed by atoms with van der Waals surface area (Å²) >= 11 is 0. The van der Waals surface area contributed by atoms with Gasteiger partial charge in [-0.15, -0.1) is 0 Å². The first kappa shape index (κ1) is 15.1. The zero-order valence-corrected chi connectivity index (χ0v) is 7.90. The molecule has 8 heteroatoms. The van der Waals surface area contributed by atoms with Gasteiger partial charge in [0.15, 0.2) is 0 Å². The summed E-state index contributed by atoms with van der Waals surface area (Å²) in [6.45, 7) is 0. The summed E-state index contributed by atoms with van der Waals surface area (Å²) in [4.78, 5) is 0. The summed E-state index contributed by atoms with van der Waals surface area (Å²) in [7, 11) is -4.67. The second kappa shape index (κ2) is 6.16. The van der Waals surface area contributed by atoms with Crippen molar-refractivity contribution >= 4 is 21.8 Å². The van der Waals surface area contributed by atoms with Gasteiger partial charge < -0.3 is 16.9 Å². The first-order chi connectivity index (χ1) is 5.80. The molecule has 1 aromatic carbocycles. The lowest BCUT2D eigenvalue weighted by atomic mass is 10.3. The number of anilines is 2. The average Bonchev–Trinajstić information content (AvgIpc) is 1.92. The minimum absolute atomic E-state index is 0. The smallest absolute Gasteiger partial charge is 0.394 e. The van der Waals surface area contributed by atoms with Crippen LogP contribution in [0.1, 0.15) is 0 Å². The van der Waals surface area contributed by atoms with Gasteiger partial charge in [-0.2, -0.15) is 8.42 Å². The topological polar surface area (TPSA) is 158 Å². The van der Waals surface area contributed by atoms with E-state index in [1.807, 2.05) is 12.1 Å². The molecule has 0 amide bonds. The zero-order chi connectivity index (χ0) is 10.5. The van der Waals surface area contributed by atoms with Crippen molar-refractivity contribution in [2.24, 2.45) is 0 Å². The molecule has 0 heterocycles. The molecule has 0 radical (unpaired) electrons. The van der Waals surface area contributed by atoms with E-state index in [2.05, 4.69) is 0 Å². The molecule has 0 fully saturated rings. The molecule has 0 aliphatic rings. The van der Waals surface area contributed by atoms with Crippen molar-refractivity contribution < 1.29 is 23.0 Å². The molecule has 82 valence electrons. The zero-order valence-electron chi connectivity index (χ0n) is 7.08. The molecule has 0 saturated heterocycles. The van der Waals surface area contributed by atoms with Crippen molar-refractivity contribution in [3.05, 3.63) is 24.3 Å². The van der Waals surface area contributed by atoms with Crippen LogP contribution in [0.2, 0.25) is 0 Å². The SMILES string of the molecule is Nc1ccccc1N.O.O=S(=O)(O)O. The molecule has 1 aromatic rings. The fourth-order valence-electron chi connectivity index (χ4n) is 0.511. The van der Waals surface area contributed by atoms with Crippen molar-refractivity contribution in [2.75, 3.05) is 11.5 Å². The highest BCUT2D eigenvalue weighted by atomic mass is 32.3. The van der Waals surface area contributed by atoms with Crippen LogP contribution in [-0.2, 0) is 10.4 Å². The van der Waals surface area contributed by atoms with E-state index in [0.717, 1.165) is 0 Å². The quantitative estimate of drug-likeness (QED) is 0.339. The van der Waals surface area contributed by atoms with E-state index in [-0.39, 0.29) is 5.48 Å². The summed E-state index contributed by atoms with van der Waals surface area (Å²) in [5.74, 6) is 0. The number of nitrogens with two attached hydrogens (primary N) is 2. The second-order valence-electron chi connectivity index (χ2n) is 2.08. The number of rotatable bonds is 0. The highest BCUT2D eigenvalue weighted by Crippen LogP contribution is 2.10. The van der Waals surface area contributed by atoms with Gasteiger partial charge in [0.05, 0.1) is 11.4 Å². The maximum Gasteiger partial charge on any atom is 0.394 e. The Morgan fingerprint density at radius 2 is 1.21 bits per heavy atom. The van der Waals surface area contributed by atoms with E-state index in [1.165, 1.54) is 0 Å². The molecule has 0 aliphatic carbocycles. The van der Waals surface area contributed by atoms with E-state index < -0.39 is 10.4 Å². The van der Waals surface area contributed by atoms with Crippen LogP contribution in [0.15, 0.2) is 24.3 Å². The molecule has 0 spiro atoms. The van der Waals surface area contributed by atoms with Gasteiger partial charge in [-0.05, 0) is 12.1 Å². The average molecular weight is 224 g/mol. The normalized spacial score (nSPS) is 9.29. The van der Waals surface area contributed by atoms with Crippen molar-refractivity contribution in [1.29, 1.82) is 0 Å². The van der Waals surface area contributed by atoms with E-state index >= 15 is 0 Å². The number of hydrogen-bond acceptors (Lipinski definition) is 4. The van der Waals surface area contributed by atoms with E-state index in [9.17, 15) is 0 Å². The van der Waals surface area contributed by atoms with Crippen LogP contribution in [0.5, 0.6) is 0 Å². The van der Waals surface area contributed by atoms with Gasteiger partial charge in [0.2, 0.25) is 0 Å². The maximum atomic E-state index is 8.74. The Morgan fingerprint density at radius 1 is 1.00 bits per heavy atom. The Kier molecular flexibility index (Phi) is 6.66. The predicted octanol–water partition coefficient (Wildman–Crippen LogP) is -0.627. The molecule has 0 aromatic heterocycles. The predicted molar refractivity (Wildman–Crippen MR) is 53.1 cm³/mol. The third-order valence-electron chi connectivity index (χ3n) is 0.996. The van der Waals surface area contributed by atoms with Crippen LogP contribution in [0, 0.1) is 0 Å². The molecule has 0 atom stereocenters. The minimum atomic E-state index is -4.67. The summed E-state index contributed by atoms with van der Waals surface area (Å²) in [5, 5.41) is 0. The van der Waals surface area contributed by atoms with Gasteiger partial charge in [-0.25, -0.2) is 0 Å². The minimum Gasteiger partial charge on any atom is -0.412 e. The monoisotopic (exact) mass is 224 g/mol. The highest BCUT2D eigenvalue weighted by Gasteiger charge is 1.85. The maximum absolute atomic E-state index is 8.74. The molecule has 0 saturated carbocycles. The Morgan fingerprint density at radius 3 is 1.36 bits per heavy atom. The van der Waals surface area contributed by atoms with Crippen LogP contribution in [0.25, 0.3) is 0 Å². The summed E-state index contributed by atoms with van der Waals surface area (Å²) < 4.78 is 31.6. The third kappa shape index (κ3) is 10.7. The standard InChI is InChI=1S/C6H8N2.H2O4S.H2O/c7-5-3-1-2-4-6(5)8;1-5(2,3)4;/h1-4H,7-8H2;(H2,1,2,3,4);1H2. The molecule has 0 unspecified atom stereocenters. The molecule has 8 N–H and O–H groups in total. The number of nitrogen functional groups attached to an aromatic ring is 2. The lowest BCUT2D eigenvalue weighted by molar-refractivity contribution is 0.381. The van der Waals surface area contributed by atoms with Gasteiger partial charge in [-0.1, -0.05) is 12.1 Å². The van der Waals surface area contributed by atoms with Crippen molar-refractivity contribution in [1.82, 2.24) is 0 Å². The molecule has 14 heavy (non-hydrogen) atoms. The number of para-hydroxylation sites is 2. The summed E-state index contributed by atoms with van der Waals surface area (Å²) in [5.41, 5.74) is 12.1. The van der Waals surface area contributed by atoms with Gasteiger partial charge >= 0.3 is 10.4 Å². The van der Waals surface area contributed by atoms with Crippen molar-refractivity contribution in [2.45, 2.75) is 0 Å². The Balaban J connectivity index is 0. The third-order valence-corrected chi connectivity index (χ3v) is 0.996. The van der Waals surface area contributed by atoms with Crippen LogP contribution in [0.3, 0.4) is 0 Å². The summed E-state index contributed by atoms with van der Waals surface area (Å²) in [6, 6.07) is 7.25. The Hall–Kier alpha value is -1.35. The Bertz CT molecular complexity index is 335. The lowest BCUT2D eigenvalue weighted by Gasteiger charge is -1.94. The van der Waals surface area contributed by atoms with Crippen LogP contribution in [-0.4, -0.2) is 23.0 Å². The number of hydrogen-bond donors (Lipinski definition) is 4. The van der Waals surface area contributed by atoms with E-state index in [4.69, 9.17) is 29.0 Å². The molecular formula is C6H12N2O5S. The second-order valence-corrected chi connectivity index (χ2v) is 2.97. The first-order valence-electron chi connectivity index (χ1n) is 3.10. The van der Waals surface area contributed by atoms with Gasteiger partial charge in [0.25, 0.3) is 0 Å². The van der Waals surface area contributed by atoms with Crippen LogP contribution in [0.4, 0.5) is 11.4 Å². The number of benzene rings is 1. The highest BCUT2D eigenvalue weighted by molar-refractivity contribution is 7.79. The largest absolute Gasteiger partial charge is 0.412 e. The lowest BCUT2D eigenvalue weighted by Crippen LogP contribution is -1.91. The Labute approximate surface area is 81.2 Å². The van der Waals surface area contributed by atoms with Gasteiger partial charge in [0, 0.05) is 0 Å². The van der Waals surface area contributed by atoms with Crippen LogP contribution < -0.4 is 11.5 Å².